The summed E-state index contributed by atoms with van der Waals surface area (Å²) in [5, 5.41) is 9.14. The monoisotopic (exact) mass is 283 g/mol. The van der Waals surface area contributed by atoms with Gasteiger partial charge in [-0.05, 0) is 25.8 Å². The fourth-order valence-corrected chi connectivity index (χ4v) is 3.22. The minimum absolute atomic E-state index is 0.243. The topological polar surface area (TPSA) is 40.5 Å². The highest BCUT2D eigenvalue weighted by Gasteiger charge is 2.24. The molecule has 0 amide bonds. The van der Waals surface area contributed by atoms with Gasteiger partial charge < -0.3 is 5.11 Å². The summed E-state index contributed by atoms with van der Waals surface area (Å²) in [5.74, 6) is -0.899. The molecule has 0 aromatic heterocycles. The summed E-state index contributed by atoms with van der Waals surface area (Å²) in [6.45, 7) is 5.90. The fraction of sp³-hybridized carbons (Fsp3) is 0.941. The molecule has 0 spiro atoms. The molecule has 0 heterocycles. The van der Waals surface area contributed by atoms with E-state index in [0.717, 1.165) is 13.1 Å². The maximum absolute atomic E-state index is 11.1. The quantitative estimate of drug-likeness (QED) is 0.607. The number of carboxylic acid groups (broad SMARTS) is 1. The minimum atomic E-state index is -0.656. The molecular weight excluding hydrogens is 250 g/mol. The highest BCUT2D eigenvalue weighted by atomic mass is 16.4. The predicted octanol–water partition coefficient (Wildman–Crippen LogP) is 4.31. The predicted molar refractivity (Wildman–Crippen MR) is 84.0 cm³/mol. The molecule has 1 aliphatic rings. The van der Waals surface area contributed by atoms with Crippen molar-refractivity contribution in [1.82, 2.24) is 4.90 Å². The summed E-state index contributed by atoms with van der Waals surface area (Å²) < 4.78 is 0. The molecule has 1 aliphatic carbocycles. The summed E-state index contributed by atoms with van der Waals surface area (Å²) in [7, 11) is 0. The van der Waals surface area contributed by atoms with E-state index in [4.69, 9.17) is 5.11 Å². The van der Waals surface area contributed by atoms with E-state index < -0.39 is 5.97 Å². The largest absolute Gasteiger partial charge is 0.481 e. The van der Waals surface area contributed by atoms with Gasteiger partial charge >= 0.3 is 5.97 Å². The van der Waals surface area contributed by atoms with Gasteiger partial charge in [0.1, 0.15) is 0 Å². The van der Waals surface area contributed by atoms with Gasteiger partial charge in [-0.15, -0.1) is 0 Å². The van der Waals surface area contributed by atoms with Crippen LogP contribution in [-0.2, 0) is 4.79 Å². The second-order valence-corrected chi connectivity index (χ2v) is 6.44. The van der Waals surface area contributed by atoms with Crippen LogP contribution in [0.3, 0.4) is 0 Å². The second-order valence-electron chi connectivity index (χ2n) is 6.44. The van der Waals surface area contributed by atoms with Gasteiger partial charge in [-0.2, -0.15) is 0 Å². The highest BCUT2D eigenvalue weighted by molar-refractivity contribution is 5.69. The van der Waals surface area contributed by atoms with E-state index in [2.05, 4.69) is 11.8 Å². The molecule has 0 saturated heterocycles. The molecule has 0 aliphatic heterocycles. The standard InChI is InChI=1S/C17H33NO2/c1-3-4-5-6-10-13-18(14-15(2)17(19)20)16-11-8-7-9-12-16/h15-16H,3-14H2,1-2H3,(H,19,20). The van der Waals surface area contributed by atoms with E-state index in [1.54, 1.807) is 0 Å². The van der Waals surface area contributed by atoms with Gasteiger partial charge in [0.25, 0.3) is 0 Å². The molecule has 3 heteroatoms. The van der Waals surface area contributed by atoms with Crippen LogP contribution in [0.2, 0.25) is 0 Å². The first-order valence-electron chi connectivity index (χ1n) is 8.62. The van der Waals surface area contributed by atoms with Crippen molar-refractivity contribution in [2.75, 3.05) is 13.1 Å². The smallest absolute Gasteiger partial charge is 0.307 e. The number of aliphatic carboxylic acids is 1. The van der Waals surface area contributed by atoms with Crippen LogP contribution in [0.25, 0.3) is 0 Å². The number of hydrogen-bond donors (Lipinski definition) is 1. The Kier molecular flexibility index (Phi) is 8.92. The molecule has 1 atom stereocenters. The van der Waals surface area contributed by atoms with Crippen LogP contribution in [0.5, 0.6) is 0 Å². The van der Waals surface area contributed by atoms with Crippen molar-refractivity contribution in [3.8, 4) is 0 Å². The normalized spacial score (nSPS) is 18.4. The average Bonchev–Trinajstić information content (AvgIpc) is 2.46. The number of rotatable bonds is 10. The Labute approximate surface area is 124 Å². The maximum Gasteiger partial charge on any atom is 0.307 e. The van der Waals surface area contributed by atoms with Gasteiger partial charge in [-0.3, -0.25) is 9.69 Å². The van der Waals surface area contributed by atoms with Crippen molar-refractivity contribution in [2.24, 2.45) is 5.92 Å². The number of hydrogen-bond acceptors (Lipinski definition) is 2. The van der Waals surface area contributed by atoms with Crippen LogP contribution in [0.15, 0.2) is 0 Å². The average molecular weight is 283 g/mol. The molecule has 118 valence electrons. The van der Waals surface area contributed by atoms with E-state index in [-0.39, 0.29) is 5.92 Å². The number of unbranched alkanes of at least 4 members (excludes halogenated alkanes) is 4. The van der Waals surface area contributed by atoms with E-state index in [0.29, 0.717) is 6.04 Å². The van der Waals surface area contributed by atoms with Crippen LogP contribution >= 0.6 is 0 Å². The molecule has 20 heavy (non-hydrogen) atoms. The van der Waals surface area contributed by atoms with Crippen LogP contribution in [0.1, 0.15) is 78.1 Å². The second kappa shape index (κ2) is 10.2. The number of carbonyl (C=O) groups is 1. The molecule has 3 nitrogen and oxygen atoms in total. The Morgan fingerprint density at radius 3 is 2.40 bits per heavy atom. The van der Waals surface area contributed by atoms with Gasteiger partial charge in [0, 0.05) is 12.6 Å². The van der Waals surface area contributed by atoms with Crippen molar-refractivity contribution >= 4 is 5.97 Å². The zero-order valence-corrected chi connectivity index (χ0v) is 13.4. The Bertz CT molecular complexity index is 262. The van der Waals surface area contributed by atoms with Crippen LogP contribution < -0.4 is 0 Å². The summed E-state index contributed by atoms with van der Waals surface area (Å²) in [6, 6.07) is 0.636. The Balaban J connectivity index is 2.39. The lowest BCUT2D eigenvalue weighted by Gasteiger charge is -2.35. The summed E-state index contributed by atoms with van der Waals surface area (Å²) in [6.07, 6.45) is 13.0. The minimum Gasteiger partial charge on any atom is -0.481 e. The lowest BCUT2D eigenvalue weighted by molar-refractivity contribution is -0.142. The molecule has 0 aromatic rings. The van der Waals surface area contributed by atoms with Gasteiger partial charge in [-0.25, -0.2) is 0 Å². The molecule has 1 rings (SSSR count). The Morgan fingerprint density at radius 1 is 1.15 bits per heavy atom. The zero-order chi connectivity index (χ0) is 14.8. The summed E-state index contributed by atoms with van der Waals surface area (Å²) in [4.78, 5) is 13.6. The van der Waals surface area contributed by atoms with Crippen LogP contribution in [0.4, 0.5) is 0 Å². The van der Waals surface area contributed by atoms with E-state index in [9.17, 15) is 4.79 Å². The molecule has 1 N–H and O–H groups in total. The third-order valence-corrected chi connectivity index (χ3v) is 4.57. The highest BCUT2D eigenvalue weighted by Crippen LogP contribution is 2.24. The fourth-order valence-electron chi connectivity index (χ4n) is 3.22. The van der Waals surface area contributed by atoms with Gasteiger partial charge in [0.15, 0.2) is 0 Å². The first-order chi connectivity index (χ1) is 9.65. The van der Waals surface area contributed by atoms with E-state index in [1.165, 1.54) is 64.2 Å². The van der Waals surface area contributed by atoms with Crippen molar-refractivity contribution in [3.05, 3.63) is 0 Å². The maximum atomic E-state index is 11.1. The SMILES string of the molecule is CCCCCCCN(CC(C)C(=O)O)C1CCCCC1. The first kappa shape index (κ1) is 17.5. The first-order valence-corrected chi connectivity index (χ1v) is 8.62. The third-order valence-electron chi connectivity index (χ3n) is 4.57. The molecule has 1 saturated carbocycles. The molecular formula is C17H33NO2. The summed E-state index contributed by atoms with van der Waals surface area (Å²) in [5.41, 5.74) is 0. The van der Waals surface area contributed by atoms with Crippen molar-refractivity contribution in [1.29, 1.82) is 0 Å². The van der Waals surface area contributed by atoms with Crippen molar-refractivity contribution in [2.45, 2.75) is 84.1 Å². The van der Waals surface area contributed by atoms with Crippen molar-refractivity contribution in [3.63, 3.8) is 0 Å². The van der Waals surface area contributed by atoms with E-state index in [1.807, 2.05) is 6.92 Å². The molecule has 1 fully saturated rings. The third kappa shape index (κ3) is 6.74. The molecule has 1 unspecified atom stereocenters. The number of nitrogens with zero attached hydrogens (tertiary/aromatic N) is 1. The lowest BCUT2D eigenvalue weighted by atomic mass is 9.93. The van der Waals surface area contributed by atoms with Crippen molar-refractivity contribution < 1.29 is 9.90 Å². The van der Waals surface area contributed by atoms with Gasteiger partial charge in [0.2, 0.25) is 0 Å². The van der Waals surface area contributed by atoms with E-state index >= 15 is 0 Å². The van der Waals surface area contributed by atoms with Crippen LogP contribution in [0, 0.1) is 5.92 Å². The lowest BCUT2D eigenvalue weighted by Crippen LogP contribution is -2.41. The Hall–Kier alpha value is -0.570. The van der Waals surface area contributed by atoms with Crippen LogP contribution in [-0.4, -0.2) is 35.1 Å². The molecule has 0 radical (unpaired) electrons. The summed E-state index contributed by atoms with van der Waals surface area (Å²) >= 11 is 0. The molecule has 0 aromatic carbocycles. The van der Waals surface area contributed by atoms with Gasteiger partial charge in [0.05, 0.1) is 5.92 Å². The van der Waals surface area contributed by atoms with Gasteiger partial charge in [-0.1, -0.05) is 58.8 Å². The molecule has 0 bridgehead atoms. The Morgan fingerprint density at radius 2 is 1.80 bits per heavy atom. The number of carboxylic acids is 1. The zero-order valence-electron chi connectivity index (χ0n) is 13.4.